The number of aromatic nitrogens is 1. The maximum Gasteiger partial charge on any atom is 0.122 e. The minimum Gasteiger partial charge on any atom is -0.492 e. The molecule has 2 aliphatic carbocycles. The van der Waals surface area contributed by atoms with Crippen LogP contribution >= 0.6 is 11.6 Å². The Hall–Kier alpha value is -2.80. The van der Waals surface area contributed by atoms with Gasteiger partial charge in [-0.2, -0.15) is 0 Å². The molecule has 0 radical (unpaired) electrons. The van der Waals surface area contributed by atoms with Crippen molar-refractivity contribution in [2.45, 2.75) is 70.8 Å². The molecule has 4 heteroatoms. The minimum atomic E-state index is 0.733. The molecule has 198 valence electrons. The lowest BCUT2D eigenvalue weighted by Gasteiger charge is -2.36. The first kappa shape index (κ1) is 26.8. The van der Waals surface area contributed by atoms with Crippen LogP contribution in [0, 0.1) is 24.7 Å². The molecule has 2 fully saturated rings. The highest BCUT2D eigenvalue weighted by atomic mass is 35.5. The van der Waals surface area contributed by atoms with E-state index in [1.807, 2.05) is 42.6 Å². The van der Waals surface area contributed by atoms with E-state index >= 15 is 0 Å². The molecule has 3 nitrogen and oxygen atoms in total. The molecule has 2 aromatic carbocycles. The molecule has 1 aromatic heterocycles. The lowest BCUT2D eigenvalue weighted by Crippen LogP contribution is -2.42. The van der Waals surface area contributed by atoms with Gasteiger partial charge < -0.3 is 4.74 Å². The fourth-order valence-electron chi connectivity index (χ4n) is 5.97. The highest BCUT2D eigenvalue weighted by Gasteiger charge is 2.25. The second kappa shape index (κ2) is 13.3. The van der Waals surface area contributed by atoms with Gasteiger partial charge in [-0.05, 0) is 92.0 Å². The third-order valence-corrected chi connectivity index (χ3v) is 8.40. The molecule has 3 aromatic rings. The molecule has 2 saturated carbocycles. The van der Waals surface area contributed by atoms with Crippen LogP contribution in [0.25, 0.3) is 11.1 Å². The van der Waals surface area contributed by atoms with E-state index in [9.17, 15) is 0 Å². The molecule has 0 amide bonds. The van der Waals surface area contributed by atoms with E-state index in [0.717, 1.165) is 63.8 Å². The average Bonchev–Trinajstić information content (AvgIpc) is 3.47. The van der Waals surface area contributed by atoms with Gasteiger partial charge in [0, 0.05) is 41.5 Å². The van der Waals surface area contributed by atoms with E-state index < -0.39 is 0 Å². The molecule has 0 bridgehead atoms. The summed E-state index contributed by atoms with van der Waals surface area (Å²) >= 11 is 6.00. The standard InChI is InChI=1S/C34H39ClN2O/c1-26-23-27(11-18-32-19-15-30(24-36-32)29-13-16-31(35)17-14-29)12-20-34(26)38-22-21-37(25-28-7-5-6-8-28)33-9-3-2-4-10-33/h12-17,19-20,23-24,28,33H,2-10,21-22,25H2,1H3. The summed E-state index contributed by atoms with van der Waals surface area (Å²) in [6.45, 7) is 5.15. The maximum absolute atomic E-state index is 6.29. The first-order valence-electron chi connectivity index (χ1n) is 14.4. The van der Waals surface area contributed by atoms with Crippen LogP contribution in [0.15, 0.2) is 60.8 Å². The summed E-state index contributed by atoms with van der Waals surface area (Å²) in [6, 6.07) is 18.8. The smallest absolute Gasteiger partial charge is 0.122 e. The largest absolute Gasteiger partial charge is 0.492 e. The number of halogens is 1. The lowest BCUT2D eigenvalue weighted by atomic mass is 9.93. The predicted octanol–water partition coefficient (Wildman–Crippen LogP) is 8.31. The summed E-state index contributed by atoms with van der Waals surface area (Å²) < 4.78 is 6.29. The van der Waals surface area contributed by atoms with Crippen molar-refractivity contribution in [2.24, 2.45) is 5.92 Å². The van der Waals surface area contributed by atoms with E-state index in [-0.39, 0.29) is 0 Å². The van der Waals surface area contributed by atoms with E-state index in [1.54, 1.807) is 0 Å². The van der Waals surface area contributed by atoms with Gasteiger partial charge >= 0.3 is 0 Å². The Morgan fingerprint density at radius 2 is 1.61 bits per heavy atom. The van der Waals surface area contributed by atoms with Crippen LogP contribution in [0.1, 0.15) is 74.6 Å². The summed E-state index contributed by atoms with van der Waals surface area (Å²) in [4.78, 5) is 7.29. The molecule has 0 N–H and O–H groups in total. The summed E-state index contributed by atoms with van der Waals surface area (Å²) in [7, 11) is 0. The number of nitrogens with zero attached hydrogens (tertiary/aromatic N) is 2. The van der Waals surface area contributed by atoms with Gasteiger partial charge in [0.1, 0.15) is 18.1 Å². The molecule has 0 spiro atoms. The van der Waals surface area contributed by atoms with Gasteiger partial charge in [0.15, 0.2) is 0 Å². The second-order valence-corrected chi connectivity index (χ2v) is 11.4. The van der Waals surface area contributed by atoms with Gasteiger partial charge in [0.2, 0.25) is 0 Å². The summed E-state index contributed by atoms with van der Waals surface area (Å²) in [5, 5.41) is 0.733. The van der Waals surface area contributed by atoms with Crippen molar-refractivity contribution in [3.05, 3.63) is 82.6 Å². The Morgan fingerprint density at radius 3 is 2.32 bits per heavy atom. The van der Waals surface area contributed by atoms with Crippen LogP contribution in [0.5, 0.6) is 5.75 Å². The topological polar surface area (TPSA) is 25.4 Å². The van der Waals surface area contributed by atoms with Gasteiger partial charge in [-0.1, -0.05) is 67.8 Å². The second-order valence-electron chi connectivity index (χ2n) is 11.0. The Kier molecular flexibility index (Phi) is 9.39. The number of hydrogen-bond donors (Lipinski definition) is 0. The molecular formula is C34H39ClN2O. The van der Waals surface area contributed by atoms with Gasteiger partial charge in [-0.15, -0.1) is 0 Å². The van der Waals surface area contributed by atoms with Gasteiger partial charge in [0.25, 0.3) is 0 Å². The molecule has 2 aliphatic rings. The highest BCUT2D eigenvalue weighted by molar-refractivity contribution is 6.30. The average molecular weight is 527 g/mol. The fourth-order valence-corrected chi connectivity index (χ4v) is 6.10. The molecule has 1 heterocycles. The van der Waals surface area contributed by atoms with Crippen molar-refractivity contribution in [3.63, 3.8) is 0 Å². The van der Waals surface area contributed by atoms with Crippen molar-refractivity contribution in [3.8, 4) is 28.7 Å². The number of benzene rings is 2. The Balaban J connectivity index is 1.16. The number of rotatable bonds is 8. The first-order valence-corrected chi connectivity index (χ1v) is 14.7. The SMILES string of the molecule is Cc1cc(C#Cc2ccc(-c3ccc(Cl)cc3)cn2)ccc1OCCN(CC1CCCC1)C1CCCCC1. The summed E-state index contributed by atoms with van der Waals surface area (Å²) in [5.41, 5.74) is 5.00. The van der Waals surface area contributed by atoms with Gasteiger partial charge in [0.05, 0.1) is 0 Å². The Bertz CT molecular complexity index is 1230. The monoisotopic (exact) mass is 526 g/mol. The number of hydrogen-bond acceptors (Lipinski definition) is 3. The first-order chi connectivity index (χ1) is 18.6. The molecule has 0 saturated heterocycles. The molecule has 5 rings (SSSR count). The van der Waals surface area contributed by atoms with Crippen molar-refractivity contribution in [1.82, 2.24) is 9.88 Å². The number of aryl methyl sites for hydroxylation is 1. The highest BCUT2D eigenvalue weighted by Crippen LogP contribution is 2.29. The number of ether oxygens (including phenoxy) is 1. The zero-order valence-corrected chi connectivity index (χ0v) is 23.4. The lowest BCUT2D eigenvalue weighted by molar-refractivity contribution is 0.112. The molecular weight excluding hydrogens is 488 g/mol. The third kappa shape index (κ3) is 7.40. The normalized spacial score (nSPS) is 16.4. The van der Waals surface area contributed by atoms with Gasteiger partial charge in [-0.25, -0.2) is 4.98 Å². The van der Waals surface area contributed by atoms with Crippen molar-refractivity contribution in [1.29, 1.82) is 0 Å². The minimum absolute atomic E-state index is 0.733. The summed E-state index contributed by atoms with van der Waals surface area (Å²) in [6.07, 6.45) is 14.4. The summed E-state index contributed by atoms with van der Waals surface area (Å²) in [5.74, 6) is 8.31. The zero-order chi connectivity index (χ0) is 26.2. The zero-order valence-electron chi connectivity index (χ0n) is 22.6. The molecule has 0 atom stereocenters. The van der Waals surface area contributed by atoms with Crippen LogP contribution in [0.4, 0.5) is 0 Å². The Morgan fingerprint density at radius 1 is 0.868 bits per heavy atom. The quantitative estimate of drug-likeness (QED) is 0.276. The van der Waals surface area contributed by atoms with Crippen LogP contribution in [-0.4, -0.2) is 35.6 Å². The van der Waals surface area contributed by atoms with E-state index in [4.69, 9.17) is 16.3 Å². The number of pyridine rings is 1. The van der Waals surface area contributed by atoms with E-state index in [1.165, 1.54) is 64.3 Å². The van der Waals surface area contributed by atoms with E-state index in [0.29, 0.717) is 0 Å². The Labute approximate surface area is 233 Å². The van der Waals surface area contributed by atoms with Crippen molar-refractivity contribution in [2.75, 3.05) is 19.7 Å². The molecule has 0 unspecified atom stereocenters. The van der Waals surface area contributed by atoms with E-state index in [2.05, 4.69) is 46.8 Å². The third-order valence-electron chi connectivity index (χ3n) is 8.15. The van der Waals surface area contributed by atoms with Gasteiger partial charge in [-0.3, -0.25) is 4.90 Å². The molecule has 0 aliphatic heterocycles. The van der Waals surface area contributed by atoms with Crippen LogP contribution < -0.4 is 4.74 Å². The fraction of sp³-hybridized carbons (Fsp3) is 0.441. The van der Waals surface area contributed by atoms with Crippen LogP contribution in [0.3, 0.4) is 0 Å². The predicted molar refractivity (Wildman–Crippen MR) is 158 cm³/mol. The molecule has 38 heavy (non-hydrogen) atoms. The van der Waals surface area contributed by atoms with Crippen molar-refractivity contribution < 1.29 is 4.74 Å². The van der Waals surface area contributed by atoms with Crippen molar-refractivity contribution >= 4 is 11.6 Å². The van der Waals surface area contributed by atoms with Crippen LogP contribution in [0.2, 0.25) is 5.02 Å². The van der Waals surface area contributed by atoms with Crippen LogP contribution in [-0.2, 0) is 0 Å². The maximum atomic E-state index is 6.29.